The minimum absolute atomic E-state index is 0.0455. The molecule has 4 nitrogen and oxygen atoms in total. The van der Waals surface area contributed by atoms with Gasteiger partial charge in [0.05, 0.1) is 11.5 Å². The zero-order chi connectivity index (χ0) is 19.6. The van der Waals surface area contributed by atoms with Crippen LogP contribution in [0.4, 0.5) is 10.1 Å². The molecule has 0 aliphatic carbocycles. The molecule has 0 N–H and O–H groups in total. The van der Waals surface area contributed by atoms with Gasteiger partial charge < -0.3 is 4.90 Å². The van der Waals surface area contributed by atoms with Gasteiger partial charge in [-0.3, -0.25) is 4.79 Å². The Hall–Kier alpha value is -2.47. The van der Waals surface area contributed by atoms with Crippen LogP contribution in [0.2, 0.25) is 0 Å². The van der Waals surface area contributed by atoms with E-state index in [4.69, 9.17) is 0 Å². The molecule has 2 aromatic carbocycles. The third kappa shape index (κ3) is 4.45. The molecule has 0 atom stereocenters. The summed E-state index contributed by atoms with van der Waals surface area (Å²) in [6.07, 6.45) is 2.67. The number of benzene rings is 2. The van der Waals surface area contributed by atoms with Crippen molar-refractivity contribution in [2.75, 3.05) is 11.4 Å². The van der Waals surface area contributed by atoms with Gasteiger partial charge in [0, 0.05) is 18.7 Å². The van der Waals surface area contributed by atoms with Crippen LogP contribution in [0.5, 0.6) is 0 Å². The summed E-state index contributed by atoms with van der Waals surface area (Å²) in [6, 6.07) is 9.89. The number of hydrogen-bond donors (Lipinski definition) is 0. The van der Waals surface area contributed by atoms with Crippen molar-refractivity contribution in [1.29, 1.82) is 0 Å². The fourth-order valence-corrected chi connectivity index (χ4v) is 4.79. The molecular weight excluding hydrogens is 365 g/mol. The number of carbonyl (C=O) groups is 1. The maximum absolute atomic E-state index is 13.7. The quantitative estimate of drug-likeness (QED) is 0.710. The highest BCUT2D eigenvalue weighted by atomic mass is 32.2. The molecule has 0 spiro atoms. The number of aryl methyl sites for hydroxylation is 2. The topological polar surface area (TPSA) is 54.5 Å². The van der Waals surface area contributed by atoms with Gasteiger partial charge in [0.1, 0.15) is 5.82 Å². The van der Waals surface area contributed by atoms with Crippen molar-refractivity contribution in [3.63, 3.8) is 0 Å². The molecule has 0 unspecified atom stereocenters. The van der Waals surface area contributed by atoms with Gasteiger partial charge in [0.2, 0.25) is 5.91 Å². The van der Waals surface area contributed by atoms with Crippen LogP contribution >= 0.6 is 0 Å². The number of sulfone groups is 1. The van der Waals surface area contributed by atoms with Crippen LogP contribution in [-0.4, -0.2) is 20.9 Å². The van der Waals surface area contributed by atoms with E-state index < -0.39 is 15.7 Å². The lowest BCUT2D eigenvalue weighted by molar-refractivity contribution is -0.118. The Bertz CT molecular complexity index is 998. The first-order valence-electron chi connectivity index (χ1n) is 8.77. The minimum atomic E-state index is -3.44. The molecular formula is C21H22FNO3S. The van der Waals surface area contributed by atoms with E-state index in [9.17, 15) is 17.6 Å². The minimum Gasteiger partial charge on any atom is -0.308 e. The third-order valence-electron chi connectivity index (χ3n) is 4.67. The monoisotopic (exact) mass is 387 g/mol. The largest absolute Gasteiger partial charge is 0.308 e. The summed E-state index contributed by atoms with van der Waals surface area (Å²) >= 11 is 0. The summed E-state index contributed by atoms with van der Waals surface area (Å²) in [5.74, 6) is -0.680. The molecule has 1 heterocycles. The Morgan fingerprint density at radius 3 is 2.44 bits per heavy atom. The SMILES string of the molecule is C=CCN1C(=O)CCc2cc(CS(=O)(=O)Cc3ccc(C)c(F)c3)ccc21. The standard InChI is InChI=1S/C21H22FNO3S/c1-3-10-23-20-8-6-16(11-18(20)7-9-21(23)24)13-27(25,26)14-17-5-4-15(2)19(22)12-17/h3-6,8,11-12H,1,7,9-10,13-14H2,2H3. The predicted octanol–water partition coefficient (Wildman–Crippen LogP) is 3.71. The number of anilines is 1. The number of hydrogen-bond acceptors (Lipinski definition) is 3. The Morgan fingerprint density at radius 1 is 1.11 bits per heavy atom. The molecule has 142 valence electrons. The van der Waals surface area contributed by atoms with Crippen LogP contribution in [0, 0.1) is 12.7 Å². The fraction of sp³-hybridized carbons (Fsp3) is 0.286. The van der Waals surface area contributed by atoms with Crippen molar-refractivity contribution in [3.8, 4) is 0 Å². The van der Waals surface area contributed by atoms with E-state index in [-0.39, 0.29) is 17.4 Å². The third-order valence-corrected chi connectivity index (χ3v) is 6.21. The Morgan fingerprint density at radius 2 is 1.78 bits per heavy atom. The van der Waals surface area contributed by atoms with Gasteiger partial charge in [-0.05, 0) is 47.7 Å². The van der Waals surface area contributed by atoms with Crippen LogP contribution in [0.1, 0.15) is 28.7 Å². The van der Waals surface area contributed by atoms with Crippen molar-refractivity contribution in [1.82, 2.24) is 0 Å². The number of rotatable bonds is 6. The summed E-state index contributed by atoms with van der Waals surface area (Å²) in [4.78, 5) is 13.7. The zero-order valence-electron chi connectivity index (χ0n) is 15.2. The summed E-state index contributed by atoms with van der Waals surface area (Å²) in [7, 11) is -3.44. The van der Waals surface area contributed by atoms with Gasteiger partial charge in [-0.25, -0.2) is 12.8 Å². The van der Waals surface area contributed by atoms with E-state index >= 15 is 0 Å². The highest BCUT2D eigenvalue weighted by molar-refractivity contribution is 7.89. The Kier molecular flexibility index (Phi) is 5.46. The Labute approximate surface area is 159 Å². The maximum atomic E-state index is 13.7. The lowest BCUT2D eigenvalue weighted by Gasteiger charge is -2.28. The molecule has 6 heteroatoms. The van der Waals surface area contributed by atoms with Crippen molar-refractivity contribution in [2.45, 2.75) is 31.3 Å². The molecule has 3 rings (SSSR count). The van der Waals surface area contributed by atoms with Crippen LogP contribution in [0.15, 0.2) is 49.1 Å². The number of amides is 1. The van der Waals surface area contributed by atoms with E-state index in [1.54, 1.807) is 42.2 Å². The molecule has 0 saturated heterocycles. The first kappa shape index (κ1) is 19.3. The van der Waals surface area contributed by atoms with E-state index in [1.165, 1.54) is 6.07 Å². The number of nitrogens with zero attached hydrogens (tertiary/aromatic N) is 1. The van der Waals surface area contributed by atoms with Gasteiger partial charge in [0.25, 0.3) is 0 Å². The van der Waals surface area contributed by atoms with E-state index in [0.29, 0.717) is 36.1 Å². The van der Waals surface area contributed by atoms with Crippen molar-refractivity contribution < 1.29 is 17.6 Å². The second-order valence-corrected chi connectivity index (χ2v) is 8.94. The van der Waals surface area contributed by atoms with E-state index in [0.717, 1.165) is 11.3 Å². The first-order chi connectivity index (χ1) is 12.8. The predicted molar refractivity (Wildman–Crippen MR) is 105 cm³/mol. The number of halogens is 1. The first-order valence-corrected chi connectivity index (χ1v) is 10.6. The number of fused-ring (bicyclic) bond motifs is 1. The van der Waals surface area contributed by atoms with Crippen molar-refractivity contribution in [3.05, 3.63) is 77.1 Å². The fourth-order valence-electron chi connectivity index (χ4n) is 3.32. The molecule has 1 aliphatic rings. The lowest BCUT2D eigenvalue weighted by atomic mass is 9.99. The molecule has 2 aromatic rings. The number of carbonyl (C=O) groups excluding carboxylic acids is 1. The molecule has 0 aromatic heterocycles. The maximum Gasteiger partial charge on any atom is 0.227 e. The van der Waals surface area contributed by atoms with Crippen LogP contribution in [-0.2, 0) is 32.6 Å². The van der Waals surface area contributed by atoms with Gasteiger partial charge in [-0.15, -0.1) is 6.58 Å². The van der Waals surface area contributed by atoms with Crippen molar-refractivity contribution >= 4 is 21.4 Å². The van der Waals surface area contributed by atoms with Crippen LogP contribution in [0.3, 0.4) is 0 Å². The highest BCUT2D eigenvalue weighted by Gasteiger charge is 2.24. The molecule has 0 bridgehead atoms. The summed E-state index contributed by atoms with van der Waals surface area (Å²) < 4.78 is 38.8. The van der Waals surface area contributed by atoms with Gasteiger partial charge >= 0.3 is 0 Å². The van der Waals surface area contributed by atoms with Crippen molar-refractivity contribution in [2.24, 2.45) is 0 Å². The molecule has 1 amide bonds. The smallest absolute Gasteiger partial charge is 0.227 e. The van der Waals surface area contributed by atoms with E-state index in [1.807, 2.05) is 6.07 Å². The summed E-state index contributed by atoms with van der Waals surface area (Å²) in [5.41, 5.74) is 3.39. The molecule has 0 fully saturated rings. The summed E-state index contributed by atoms with van der Waals surface area (Å²) in [6.45, 7) is 5.75. The zero-order valence-corrected chi connectivity index (χ0v) is 16.1. The summed E-state index contributed by atoms with van der Waals surface area (Å²) in [5, 5.41) is 0. The lowest BCUT2D eigenvalue weighted by Crippen LogP contribution is -2.35. The molecule has 27 heavy (non-hydrogen) atoms. The van der Waals surface area contributed by atoms with Crippen LogP contribution in [0.25, 0.3) is 0 Å². The Balaban J connectivity index is 1.80. The molecule has 0 radical (unpaired) electrons. The van der Waals surface area contributed by atoms with Crippen LogP contribution < -0.4 is 4.90 Å². The normalized spacial score (nSPS) is 14.1. The second-order valence-electron chi connectivity index (χ2n) is 6.87. The average molecular weight is 387 g/mol. The highest BCUT2D eigenvalue weighted by Crippen LogP contribution is 2.29. The second kappa shape index (κ2) is 7.64. The molecule has 1 aliphatic heterocycles. The van der Waals surface area contributed by atoms with Gasteiger partial charge in [-0.2, -0.15) is 0 Å². The van der Waals surface area contributed by atoms with E-state index in [2.05, 4.69) is 6.58 Å². The van der Waals surface area contributed by atoms with Gasteiger partial charge in [-0.1, -0.05) is 30.3 Å². The average Bonchev–Trinajstić information content (AvgIpc) is 2.60. The van der Waals surface area contributed by atoms with Gasteiger partial charge in [0.15, 0.2) is 9.84 Å². The molecule has 0 saturated carbocycles.